The Kier molecular flexibility index (Phi) is 7.24. The highest BCUT2D eigenvalue weighted by molar-refractivity contribution is 9.10. The Morgan fingerprint density at radius 1 is 1.11 bits per heavy atom. The molecule has 0 amide bonds. The second kappa shape index (κ2) is 10.9. The van der Waals surface area contributed by atoms with Crippen molar-refractivity contribution in [2.75, 3.05) is 13.7 Å². The molecule has 0 aliphatic rings. The number of halogens is 1. The lowest BCUT2D eigenvalue weighted by Crippen LogP contribution is -2.20. The molecule has 38 heavy (non-hydrogen) atoms. The van der Waals surface area contributed by atoms with Gasteiger partial charge in [-0.2, -0.15) is 9.78 Å². The predicted octanol–water partition coefficient (Wildman–Crippen LogP) is 6.76. The van der Waals surface area contributed by atoms with Gasteiger partial charge in [0.25, 0.3) is 5.56 Å². The van der Waals surface area contributed by atoms with Gasteiger partial charge in [-0.3, -0.25) is 4.79 Å². The number of methoxy groups -OCH3 is 1. The molecule has 7 nitrogen and oxygen atoms in total. The molecule has 0 atom stereocenters. The maximum atomic E-state index is 13.6. The van der Waals surface area contributed by atoms with E-state index in [9.17, 15) is 4.79 Å². The fourth-order valence-corrected chi connectivity index (χ4v) is 4.54. The van der Waals surface area contributed by atoms with Crippen LogP contribution < -0.4 is 15.0 Å². The Bertz CT molecular complexity index is 1770. The van der Waals surface area contributed by atoms with E-state index in [1.165, 1.54) is 4.68 Å². The minimum Gasteiger partial charge on any atom is -0.493 e. The number of hydrogen-bond donors (Lipinski definition) is 0. The standard InChI is InChI=1S/C30H24BrN3O4/c1-4-8-20-14-19(15-26(36-3)28(20)37-13-5-2)18-32-34-29(33-24-10-7-6-9-23(24)30(34)35)27-17-21-16-22(31)11-12-25(21)38-27/h4-7,9-12,14-18H,1-2,8,13H2,3H3. The van der Waals surface area contributed by atoms with Gasteiger partial charge in [-0.15, -0.1) is 6.58 Å². The molecule has 0 aliphatic heterocycles. The van der Waals surface area contributed by atoms with Crippen molar-refractivity contribution in [2.24, 2.45) is 5.10 Å². The lowest BCUT2D eigenvalue weighted by Gasteiger charge is -2.14. The van der Waals surface area contributed by atoms with Crippen LogP contribution in [0.15, 0.2) is 105 Å². The molecule has 0 saturated carbocycles. The number of allylic oxidation sites excluding steroid dienone is 1. The number of para-hydroxylation sites is 1. The van der Waals surface area contributed by atoms with Crippen LogP contribution in [0.3, 0.4) is 0 Å². The van der Waals surface area contributed by atoms with Crippen molar-refractivity contribution < 1.29 is 13.9 Å². The number of hydrogen-bond acceptors (Lipinski definition) is 6. The zero-order valence-corrected chi connectivity index (χ0v) is 22.3. The van der Waals surface area contributed by atoms with Gasteiger partial charge in [-0.05, 0) is 60.5 Å². The van der Waals surface area contributed by atoms with E-state index in [4.69, 9.17) is 18.9 Å². The molecular weight excluding hydrogens is 546 g/mol. The molecule has 190 valence electrons. The zero-order valence-electron chi connectivity index (χ0n) is 20.7. The van der Waals surface area contributed by atoms with Gasteiger partial charge in [0.05, 0.1) is 24.2 Å². The molecule has 8 heteroatoms. The molecule has 0 radical (unpaired) electrons. The van der Waals surface area contributed by atoms with Crippen LogP contribution >= 0.6 is 15.9 Å². The summed E-state index contributed by atoms with van der Waals surface area (Å²) in [5, 5.41) is 5.89. The second-order valence-electron chi connectivity index (χ2n) is 8.41. The third kappa shape index (κ3) is 4.90. The highest BCUT2D eigenvalue weighted by Crippen LogP contribution is 2.33. The summed E-state index contributed by atoms with van der Waals surface area (Å²) in [6.45, 7) is 7.90. The summed E-state index contributed by atoms with van der Waals surface area (Å²) in [4.78, 5) is 18.3. The molecule has 0 unspecified atom stereocenters. The van der Waals surface area contributed by atoms with Crippen molar-refractivity contribution in [3.63, 3.8) is 0 Å². The first-order chi connectivity index (χ1) is 18.5. The van der Waals surface area contributed by atoms with Crippen molar-refractivity contribution in [1.29, 1.82) is 0 Å². The summed E-state index contributed by atoms with van der Waals surface area (Å²) in [7, 11) is 1.57. The smallest absolute Gasteiger partial charge is 0.282 e. The first-order valence-corrected chi connectivity index (χ1v) is 12.6. The first-order valence-electron chi connectivity index (χ1n) is 11.8. The molecule has 0 spiro atoms. The van der Waals surface area contributed by atoms with Crippen molar-refractivity contribution in [1.82, 2.24) is 9.66 Å². The van der Waals surface area contributed by atoms with E-state index in [-0.39, 0.29) is 5.56 Å². The molecule has 3 aromatic carbocycles. The second-order valence-corrected chi connectivity index (χ2v) is 9.33. The topological polar surface area (TPSA) is 78.9 Å². The molecule has 5 rings (SSSR count). The van der Waals surface area contributed by atoms with Gasteiger partial charge < -0.3 is 13.9 Å². The van der Waals surface area contributed by atoms with E-state index in [2.05, 4.69) is 34.2 Å². The number of furan rings is 1. The van der Waals surface area contributed by atoms with Crippen LogP contribution in [0.1, 0.15) is 11.1 Å². The minimum absolute atomic E-state index is 0.293. The number of nitrogens with zero attached hydrogens (tertiary/aromatic N) is 3. The monoisotopic (exact) mass is 569 g/mol. The van der Waals surface area contributed by atoms with Crippen LogP contribution in [0.25, 0.3) is 33.5 Å². The highest BCUT2D eigenvalue weighted by atomic mass is 79.9. The first kappa shape index (κ1) is 25.2. The summed E-state index contributed by atoms with van der Waals surface area (Å²) < 4.78 is 19.7. The molecule has 0 N–H and O–H groups in total. The van der Waals surface area contributed by atoms with Crippen LogP contribution in [0.4, 0.5) is 0 Å². The number of benzene rings is 3. The Morgan fingerprint density at radius 3 is 2.74 bits per heavy atom. The van der Waals surface area contributed by atoms with Crippen LogP contribution in [0.5, 0.6) is 11.5 Å². The number of aromatic nitrogens is 2. The van der Waals surface area contributed by atoms with Crippen LogP contribution in [0.2, 0.25) is 0 Å². The molecule has 2 heterocycles. The third-order valence-electron chi connectivity index (χ3n) is 5.86. The van der Waals surface area contributed by atoms with Gasteiger partial charge in [-0.25, -0.2) is 4.98 Å². The molecule has 2 aromatic heterocycles. The minimum atomic E-state index is -0.312. The fourth-order valence-electron chi connectivity index (χ4n) is 4.16. The van der Waals surface area contributed by atoms with Crippen molar-refractivity contribution in [3.05, 3.63) is 112 Å². The SMILES string of the molecule is C=CCOc1c(CC=C)cc(C=Nn2c(-c3cc4cc(Br)ccc4o3)nc3ccccc3c2=O)cc1OC. The van der Waals surface area contributed by atoms with E-state index < -0.39 is 0 Å². The van der Waals surface area contributed by atoms with E-state index in [0.717, 1.165) is 15.4 Å². The van der Waals surface area contributed by atoms with Gasteiger partial charge in [-0.1, -0.05) is 46.8 Å². The van der Waals surface area contributed by atoms with Crippen LogP contribution in [-0.2, 0) is 6.42 Å². The van der Waals surface area contributed by atoms with Crippen molar-refractivity contribution in [2.45, 2.75) is 6.42 Å². The molecule has 0 saturated heterocycles. The average Bonchev–Trinajstić information content (AvgIpc) is 3.35. The summed E-state index contributed by atoms with van der Waals surface area (Å²) in [6.07, 6.45) is 5.60. The third-order valence-corrected chi connectivity index (χ3v) is 6.35. The zero-order chi connectivity index (χ0) is 26.6. The lowest BCUT2D eigenvalue weighted by molar-refractivity contribution is 0.323. The van der Waals surface area contributed by atoms with E-state index in [0.29, 0.717) is 58.2 Å². The largest absolute Gasteiger partial charge is 0.493 e. The molecule has 0 fully saturated rings. The van der Waals surface area contributed by atoms with Crippen molar-refractivity contribution in [3.8, 4) is 23.1 Å². The van der Waals surface area contributed by atoms with Gasteiger partial charge in [0.1, 0.15) is 12.2 Å². The summed E-state index contributed by atoms with van der Waals surface area (Å²) >= 11 is 3.49. The fraction of sp³-hybridized carbons (Fsp3) is 0.100. The maximum absolute atomic E-state index is 13.6. The summed E-state index contributed by atoms with van der Waals surface area (Å²) in [6, 6.07) is 18.4. The van der Waals surface area contributed by atoms with Gasteiger partial charge in [0.2, 0.25) is 5.82 Å². The number of fused-ring (bicyclic) bond motifs is 2. The lowest BCUT2D eigenvalue weighted by atomic mass is 10.1. The van der Waals surface area contributed by atoms with E-state index in [1.54, 1.807) is 49.7 Å². The van der Waals surface area contributed by atoms with E-state index >= 15 is 0 Å². The van der Waals surface area contributed by atoms with Gasteiger partial charge >= 0.3 is 0 Å². The summed E-state index contributed by atoms with van der Waals surface area (Å²) in [5.41, 5.74) is 2.50. The quantitative estimate of drug-likeness (QED) is 0.145. The molecule has 0 bridgehead atoms. The molecule has 0 aliphatic carbocycles. The average molecular weight is 570 g/mol. The number of ether oxygens (including phenoxy) is 2. The van der Waals surface area contributed by atoms with E-state index in [1.807, 2.05) is 36.4 Å². The maximum Gasteiger partial charge on any atom is 0.282 e. The normalized spacial score (nSPS) is 11.3. The van der Waals surface area contributed by atoms with Gasteiger partial charge in [0, 0.05) is 15.4 Å². The number of rotatable bonds is 9. The Balaban J connectivity index is 1.67. The summed E-state index contributed by atoms with van der Waals surface area (Å²) in [5.74, 6) is 1.88. The predicted molar refractivity (Wildman–Crippen MR) is 154 cm³/mol. The Labute approximate surface area is 227 Å². The highest BCUT2D eigenvalue weighted by Gasteiger charge is 2.17. The van der Waals surface area contributed by atoms with Crippen molar-refractivity contribution >= 4 is 44.0 Å². The Hall–Kier alpha value is -4.43. The Morgan fingerprint density at radius 2 is 1.95 bits per heavy atom. The van der Waals surface area contributed by atoms with Crippen LogP contribution in [0, 0.1) is 0 Å². The van der Waals surface area contributed by atoms with Crippen LogP contribution in [-0.4, -0.2) is 29.6 Å². The van der Waals surface area contributed by atoms with Gasteiger partial charge in [0.15, 0.2) is 17.3 Å². The molecular formula is C30H24BrN3O4. The molecule has 5 aromatic rings.